The topological polar surface area (TPSA) is 142 Å². The number of aliphatic carboxylic acids is 1. The van der Waals surface area contributed by atoms with Gasteiger partial charge in [0, 0.05) is 6.54 Å². The molecular weight excluding hydrogens is 388 g/mol. The van der Waals surface area contributed by atoms with E-state index >= 15 is 0 Å². The van der Waals surface area contributed by atoms with Crippen LogP contribution in [0.4, 0.5) is 0 Å². The van der Waals surface area contributed by atoms with Crippen molar-refractivity contribution in [1.82, 2.24) is 15.5 Å². The number of carbonyl (C=O) groups is 4. The quantitative estimate of drug-likeness (QED) is 0.405. The van der Waals surface area contributed by atoms with E-state index in [1.807, 2.05) is 27.7 Å². The van der Waals surface area contributed by atoms with Gasteiger partial charge in [-0.3, -0.25) is 14.4 Å². The Bertz CT molecular complexity index is 635. The van der Waals surface area contributed by atoms with E-state index in [-0.39, 0.29) is 30.1 Å². The first-order valence-corrected chi connectivity index (χ1v) is 10.8. The summed E-state index contributed by atoms with van der Waals surface area (Å²) < 4.78 is 0. The van der Waals surface area contributed by atoms with Crippen LogP contribution in [0.15, 0.2) is 0 Å². The Hall–Kier alpha value is -2.16. The van der Waals surface area contributed by atoms with E-state index in [0.29, 0.717) is 19.4 Å². The molecular formula is C21H38N4O5. The lowest BCUT2D eigenvalue weighted by atomic mass is 9.99. The number of hydrogen-bond donors (Lipinski definition) is 4. The Morgan fingerprint density at radius 1 is 1.03 bits per heavy atom. The highest BCUT2D eigenvalue weighted by atomic mass is 16.4. The summed E-state index contributed by atoms with van der Waals surface area (Å²) in [5.74, 6) is -2.56. The molecule has 1 rings (SSSR count). The van der Waals surface area contributed by atoms with E-state index in [4.69, 9.17) is 5.73 Å². The van der Waals surface area contributed by atoms with Gasteiger partial charge in [0.15, 0.2) is 0 Å². The predicted molar refractivity (Wildman–Crippen MR) is 113 cm³/mol. The van der Waals surface area contributed by atoms with Crippen LogP contribution in [0.2, 0.25) is 0 Å². The SMILES string of the molecule is CC(C)CC(NC(=O)C(NC(=O)C1CCCN1C(=O)C(N)C(C)C)C(C)C)C(=O)O. The summed E-state index contributed by atoms with van der Waals surface area (Å²) in [4.78, 5) is 51.3. The van der Waals surface area contributed by atoms with Gasteiger partial charge in [0.1, 0.15) is 18.1 Å². The minimum absolute atomic E-state index is 0.0510. The van der Waals surface area contributed by atoms with Crippen LogP contribution in [-0.4, -0.2) is 64.4 Å². The molecule has 0 spiro atoms. The number of hydrogen-bond acceptors (Lipinski definition) is 5. The van der Waals surface area contributed by atoms with Gasteiger partial charge in [0.05, 0.1) is 6.04 Å². The molecule has 1 fully saturated rings. The number of amides is 3. The normalized spacial score (nSPS) is 19.7. The average molecular weight is 427 g/mol. The smallest absolute Gasteiger partial charge is 0.326 e. The molecule has 9 nitrogen and oxygen atoms in total. The molecule has 3 amide bonds. The zero-order valence-corrected chi connectivity index (χ0v) is 19.0. The summed E-state index contributed by atoms with van der Waals surface area (Å²) in [5, 5.41) is 14.6. The van der Waals surface area contributed by atoms with E-state index in [2.05, 4.69) is 10.6 Å². The van der Waals surface area contributed by atoms with Crippen molar-refractivity contribution in [2.24, 2.45) is 23.5 Å². The van der Waals surface area contributed by atoms with Crippen LogP contribution < -0.4 is 16.4 Å². The fraction of sp³-hybridized carbons (Fsp3) is 0.810. The zero-order valence-electron chi connectivity index (χ0n) is 19.0. The van der Waals surface area contributed by atoms with Gasteiger partial charge in [-0.25, -0.2) is 4.79 Å². The number of carbonyl (C=O) groups excluding carboxylic acids is 3. The lowest BCUT2D eigenvalue weighted by molar-refractivity contribution is -0.144. The van der Waals surface area contributed by atoms with Crippen molar-refractivity contribution in [3.8, 4) is 0 Å². The Morgan fingerprint density at radius 3 is 2.10 bits per heavy atom. The number of carboxylic acids is 1. The van der Waals surface area contributed by atoms with Gasteiger partial charge in [-0.05, 0) is 37.0 Å². The van der Waals surface area contributed by atoms with Crippen LogP contribution in [-0.2, 0) is 19.2 Å². The first-order valence-electron chi connectivity index (χ1n) is 10.8. The third-order valence-electron chi connectivity index (χ3n) is 5.41. The number of rotatable bonds is 10. The highest BCUT2D eigenvalue weighted by Crippen LogP contribution is 2.20. The molecule has 0 aromatic rings. The summed E-state index contributed by atoms with van der Waals surface area (Å²) in [6.45, 7) is 11.4. The molecule has 1 aliphatic rings. The summed E-state index contributed by atoms with van der Waals surface area (Å²) in [7, 11) is 0. The number of carboxylic acid groups (broad SMARTS) is 1. The third-order valence-corrected chi connectivity index (χ3v) is 5.41. The second kappa shape index (κ2) is 11.3. The minimum atomic E-state index is -1.11. The molecule has 4 atom stereocenters. The molecule has 1 aliphatic heterocycles. The summed E-state index contributed by atoms with van der Waals surface area (Å²) in [5.41, 5.74) is 5.98. The van der Waals surface area contributed by atoms with Gasteiger partial charge < -0.3 is 26.4 Å². The predicted octanol–water partition coefficient (Wildman–Crippen LogP) is 0.717. The number of nitrogens with two attached hydrogens (primary N) is 1. The first-order chi connectivity index (χ1) is 13.9. The largest absolute Gasteiger partial charge is 0.480 e. The number of nitrogens with zero attached hydrogens (tertiary/aromatic N) is 1. The first kappa shape index (κ1) is 25.9. The monoisotopic (exact) mass is 426 g/mol. The van der Waals surface area contributed by atoms with Crippen LogP contribution in [0.25, 0.3) is 0 Å². The molecule has 0 radical (unpaired) electrons. The Kier molecular flexibility index (Phi) is 9.74. The highest BCUT2D eigenvalue weighted by molar-refractivity contribution is 5.94. The van der Waals surface area contributed by atoms with Crippen molar-refractivity contribution in [1.29, 1.82) is 0 Å². The van der Waals surface area contributed by atoms with Crippen molar-refractivity contribution in [2.75, 3.05) is 6.54 Å². The molecule has 0 aromatic heterocycles. The molecule has 0 aromatic carbocycles. The average Bonchev–Trinajstić information content (AvgIpc) is 3.12. The van der Waals surface area contributed by atoms with Crippen LogP contribution in [0.5, 0.6) is 0 Å². The zero-order chi connectivity index (χ0) is 23.2. The van der Waals surface area contributed by atoms with Crippen molar-refractivity contribution in [2.45, 2.75) is 85.0 Å². The molecule has 0 aliphatic carbocycles. The maximum Gasteiger partial charge on any atom is 0.326 e. The molecule has 9 heteroatoms. The summed E-state index contributed by atoms with van der Waals surface area (Å²) in [6, 6.07) is -3.29. The van der Waals surface area contributed by atoms with E-state index < -0.39 is 42.0 Å². The van der Waals surface area contributed by atoms with Crippen molar-refractivity contribution in [3.63, 3.8) is 0 Å². The third kappa shape index (κ3) is 6.97. The van der Waals surface area contributed by atoms with Gasteiger partial charge >= 0.3 is 5.97 Å². The van der Waals surface area contributed by atoms with Gasteiger partial charge in [0.2, 0.25) is 17.7 Å². The summed E-state index contributed by atoms with van der Waals surface area (Å²) >= 11 is 0. The molecule has 5 N–H and O–H groups in total. The maximum atomic E-state index is 12.9. The Balaban J connectivity index is 2.89. The maximum absolute atomic E-state index is 12.9. The minimum Gasteiger partial charge on any atom is -0.480 e. The molecule has 1 heterocycles. The van der Waals surface area contributed by atoms with E-state index in [0.717, 1.165) is 0 Å². The molecule has 0 bridgehead atoms. The fourth-order valence-corrected chi connectivity index (χ4v) is 3.52. The summed E-state index contributed by atoms with van der Waals surface area (Å²) in [6.07, 6.45) is 1.47. The second-order valence-electron chi connectivity index (χ2n) is 9.22. The molecule has 0 saturated carbocycles. The van der Waals surface area contributed by atoms with Crippen LogP contribution in [0.3, 0.4) is 0 Å². The number of nitrogens with one attached hydrogen (secondary N) is 2. The fourth-order valence-electron chi connectivity index (χ4n) is 3.52. The van der Waals surface area contributed by atoms with Gasteiger partial charge in [-0.15, -0.1) is 0 Å². The van der Waals surface area contributed by atoms with E-state index in [1.54, 1.807) is 13.8 Å². The van der Waals surface area contributed by atoms with Gasteiger partial charge in [-0.2, -0.15) is 0 Å². The molecule has 1 saturated heterocycles. The second-order valence-corrected chi connectivity index (χ2v) is 9.22. The highest BCUT2D eigenvalue weighted by Gasteiger charge is 2.39. The van der Waals surface area contributed by atoms with Crippen LogP contribution in [0, 0.1) is 17.8 Å². The lowest BCUT2D eigenvalue weighted by Gasteiger charge is -2.30. The Labute approximate surface area is 179 Å². The Morgan fingerprint density at radius 2 is 1.63 bits per heavy atom. The molecule has 172 valence electrons. The van der Waals surface area contributed by atoms with Crippen LogP contribution >= 0.6 is 0 Å². The van der Waals surface area contributed by atoms with E-state index in [9.17, 15) is 24.3 Å². The lowest BCUT2D eigenvalue weighted by Crippen LogP contribution is -2.58. The van der Waals surface area contributed by atoms with Crippen LogP contribution in [0.1, 0.15) is 60.8 Å². The number of likely N-dealkylation sites (tertiary alicyclic amines) is 1. The van der Waals surface area contributed by atoms with Crippen molar-refractivity contribution >= 4 is 23.7 Å². The van der Waals surface area contributed by atoms with Crippen molar-refractivity contribution < 1.29 is 24.3 Å². The van der Waals surface area contributed by atoms with Gasteiger partial charge in [0.25, 0.3) is 0 Å². The molecule has 30 heavy (non-hydrogen) atoms. The van der Waals surface area contributed by atoms with Crippen molar-refractivity contribution in [3.05, 3.63) is 0 Å². The van der Waals surface area contributed by atoms with Gasteiger partial charge in [-0.1, -0.05) is 41.5 Å². The van der Waals surface area contributed by atoms with E-state index in [1.165, 1.54) is 4.90 Å². The standard InChI is InChI=1S/C21H38N4O5/c1-11(2)10-14(21(29)30)23-19(27)17(13(5)6)24-18(26)15-8-7-9-25(15)20(28)16(22)12(3)4/h11-17H,7-10,22H2,1-6H3,(H,23,27)(H,24,26)(H,29,30). The molecule has 4 unspecified atom stereocenters.